The summed E-state index contributed by atoms with van der Waals surface area (Å²) in [5.74, 6) is 0. The van der Waals surface area contributed by atoms with Crippen molar-refractivity contribution in [2.24, 2.45) is 5.73 Å². The Kier molecular flexibility index (Phi) is 5.17. The van der Waals surface area contributed by atoms with E-state index in [1.807, 2.05) is 0 Å². The number of ether oxygens (including phenoxy) is 1. The molecule has 3 nitrogen and oxygen atoms in total. The van der Waals surface area contributed by atoms with E-state index < -0.39 is 0 Å². The number of hydrogen-bond acceptors (Lipinski definition) is 3. The lowest BCUT2D eigenvalue weighted by Gasteiger charge is -2.23. The second-order valence-electron chi connectivity index (χ2n) is 5.08. The second kappa shape index (κ2) is 6.88. The van der Waals surface area contributed by atoms with Gasteiger partial charge in [0.1, 0.15) is 0 Å². The Balaban J connectivity index is 1.92. The van der Waals surface area contributed by atoms with Crippen LogP contribution in [0, 0.1) is 0 Å². The molecular weight excluding hydrogens is 224 g/mol. The van der Waals surface area contributed by atoms with Gasteiger partial charge >= 0.3 is 0 Å². The van der Waals surface area contributed by atoms with Crippen molar-refractivity contribution in [2.45, 2.75) is 31.8 Å². The van der Waals surface area contributed by atoms with E-state index in [2.05, 4.69) is 29.2 Å². The SMILES string of the molecule is COC[C@@H]1CCCN1Cc1ccc(CCN)cc1. The molecule has 1 fully saturated rings. The fraction of sp³-hybridized carbons (Fsp3) is 0.600. The van der Waals surface area contributed by atoms with Crippen LogP contribution < -0.4 is 5.73 Å². The molecule has 1 aromatic rings. The summed E-state index contributed by atoms with van der Waals surface area (Å²) in [7, 11) is 1.79. The fourth-order valence-corrected chi connectivity index (χ4v) is 2.70. The first-order valence-corrected chi connectivity index (χ1v) is 6.84. The third-order valence-corrected chi connectivity index (χ3v) is 3.70. The molecule has 0 spiro atoms. The topological polar surface area (TPSA) is 38.5 Å². The molecule has 1 aromatic carbocycles. The largest absolute Gasteiger partial charge is 0.383 e. The molecule has 0 aromatic heterocycles. The van der Waals surface area contributed by atoms with Gasteiger partial charge in [0.15, 0.2) is 0 Å². The zero-order chi connectivity index (χ0) is 12.8. The first-order chi connectivity index (χ1) is 8.83. The molecule has 0 unspecified atom stereocenters. The molecule has 1 atom stereocenters. The number of methoxy groups -OCH3 is 1. The molecule has 0 bridgehead atoms. The molecule has 0 saturated carbocycles. The van der Waals surface area contributed by atoms with E-state index in [0.29, 0.717) is 6.04 Å². The van der Waals surface area contributed by atoms with Crippen LogP contribution in [-0.4, -0.2) is 37.7 Å². The van der Waals surface area contributed by atoms with Crippen LogP contribution in [0.2, 0.25) is 0 Å². The summed E-state index contributed by atoms with van der Waals surface area (Å²) in [5, 5.41) is 0. The van der Waals surface area contributed by atoms with Gasteiger partial charge in [0.25, 0.3) is 0 Å². The van der Waals surface area contributed by atoms with E-state index >= 15 is 0 Å². The van der Waals surface area contributed by atoms with E-state index in [0.717, 1.165) is 26.1 Å². The minimum absolute atomic E-state index is 0.596. The summed E-state index contributed by atoms with van der Waals surface area (Å²) >= 11 is 0. The standard InChI is InChI=1S/C15H24N2O/c1-18-12-15-3-2-10-17(15)11-14-6-4-13(5-7-14)8-9-16/h4-7,15H,2-3,8-12,16H2,1H3/t15-/m0/s1. The van der Waals surface area contributed by atoms with Crippen molar-refractivity contribution >= 4 is 0 Å². The minimum Gasteiger partial charge on any atom is -0.383 e. The molecule has 3 heteroatoms. The molecule has 18 heavy (non-hydrogen) atoms. The van der Waals surface area contributed by atoms with Gasteiger partial charge in [0, 0.05) is 19.7 Å². The average Bonchev–Trinajstić information content (AvgIpc) is 2.80. The van der Waals surface area contributed by atoms with Crippen LogP contribution in [-0.2, 0) is 17.7 Å². The molecule has 2 rings (SSSR count). The van der Waals surface area contributed by atoms with Crippen molar-refractivity contribution in [3.8, 4) is 0 Å². The van der Waals surface area contributed by atoms with Gasteiger partial charge in [0.05, 0.1) is 6.61 Å². The Morgan fingerprint density at radius 2 is 2.00 bits per heavy atom. The molecule has 0 aliphatic carbocycles. The van der Waals surface area contributed by atoms with Crippen molar-refractivity contribution in [2.75, 3.05) is 26.8 Å². The number of benzene rings is 1. The summed E-state index contributed by atoms with van der Waals surface area (Å²) < 4.78 is 5.29. The van der Waals surface area contributed by atoms with Crippen LogP contribution in [0.1, 0.15) is 24.0 Å². The van der Waals surface area contributed by atoms with Gasteiger partial charge < -0.3 is 10.5 Å². The van der Waals surface area contributed by atoms with Gasteiger partial charge in [-0.25, -0.2) is 0 Å². The second-order valence-corrected chi connectivity index (χ2v) is 5.08. The van der Waals surface area contributed by atoms with Crippen molar-refractivity contribution in [3.05, 3.63) is 35.4 Å². The number of rotatable bonds is 6. The lowest BCUT2D eigenvalue weighted by Crippen LogP contribution is -2.32. The minimum atomic E-state index is 0.596. The van der Waals surface area contributed by atoms with Crippen LogP contribution in [0.5, 0.6) is 0 Å². The molecule has 0 amide bonds. The Hall–Kier alpha value is -0.900. The van der Waals surface area contributed by atoms with E-state index in [-0.39, 0.29) is 0 Å². The molecule has 1 aliphatic heterocycles. The number of likely N-dealkylation sites (tertiary alicyclic amines) is 1. The smallest absolute Gasteiger partial charge is 0.0618 e. The lowest BCUT2D eigenvalue weighted by atomic mass is 10.1. The summed E-state index contributed by atoms with van der Waals surface area (Å²) in [6.07, 6.45) is 3.52. The maximum absolute atomic E-state index is 5.56. The molecule has 1 aliphatic rings. The Morgan fingerprint density at radius 3 is 2.67 bits per heavy atom. The summed E-state index contributed by atoms with van der Waals surface area (Å²) in [6.45, 7) is 3.81. The van der Waals surface area contributed by atoms with E-state index in [9.17, 15) is 0 Å². The maximum atomic E-state index is 5.56. The van der Waals surface area contributed by atoms with Gasteiger partial charge in [-0.05, 0) is 43.5 Å². The molecular formula is C15H24N2O. The van der Waals surface area contributed by atoms with Crippen molar-refractivity contribution in [1.29, 1.82) is 0 Å². The highest BCUT2D eigenvalue weighted by atomic mass is 16.5. The Morgan fingerprint density at radius 1 is 1.28 bits per heavy atom. The normalized spacial score (nSPS) is 20.4. The van der Waals surface area contributed by atoms with Crippen molar-refractivity contribution in [1.82, 2.24) is 4.90 Å². The predicted octanol–water partition coefficient (Wildman–Crippen LogP) is 1.80. The highest BCUT2D eigenvalue weighted by Gasteiger charge is 2.23. The third kappa shape index (κ3) is 3.55. The first kappa shape index (κ1) is 13.5. The summed E-state index contributed by atoms with van der Waals surface area (Å²) in [5.41, 5.74) is 8.28. The van der Waals surface area contributed by atoms with Gasteiger partial charge in [0.2, 0.25) is 0 Å². The Labute approximate surface area is 110 Å². The number of nitrogens with zero attached hydrogens (tertiary/aromatic N) is 1. The average molecular weight is 248 g/mol. The number of nitrogens with two attached hydrogens (primary N) is 1. The molecule has 1 saturated heterocycles. The van der Waals surface area contributed by atoms with Crippen LogP contribution in [0.3, 0.4) is 0 Å². The molecule has 100 valence electrons. The zero-order valence-corrected chi connectivity index (χ0v) is 11.3. The third-order valence-electron chi connectivity index (χ3n) is 3.70. The van der Waals surface area contributed by atoms with Crippen LogP contribution in [0.4, 0.5) is 0 Å². The van der Waals surface area contributed by atoms with E-state index in [4.69, 9.17) is 10.5 Å². The molecule has 0 radical (unpaired) electrons. The van der Waals surface area contributed by atoms with E-state index in [1.54, 1.807) is 7.11 Å². The Bertz CT molecular complexity index is 350. The van der Waals surface area contributed by atoms with Crippen LogP contribution >= 0.6 is 0 Å². The molecule has 1 heterocycles. The van der Waals surface area contributed by atoms with Gasteiger partial charge in [-0.15, -0.1) is 0 Å². The van der Waals surface area contributed by atoms with Gasteiger partial charge in [-0.1, -0.05) is 24.3 Å². The number of hydrogen-bond donors (Lipinski definition) is 1. The maximum Gasteiger partial charge on any atom is 0.0618 e. The lowest BCUT2D eigenvalue weighted by molar-refractivity contribution is 0.112. The van der Waals surface area contributed by atoms with E-state index in [1.165, 1.54) is 30.5 Å². The highest BCUT2D eigenvalue weighted by molar-refractivity contribution is 5.23. The summed E-state index contributed by atoms with van der Waals surface area (Å²) in [6, 6.07) is 9.45. The predicted molar refractivity (Wildman–Crippen MR) is 74.5 cm³/mol. The quantitative estimate of drug-likeness (QED) is 0.834. The van der Waals surface area contributed by atoms with Gasteiger partial charge in [-0.3, -0.25) is 4.90 Å². The van der Waals surface area contributed by atoms with Crippen molar-refractivity contribution in [3.63, 3.8) is 0 Å². The fourth-order valence-electron chi connectivity index (χ4n) is 2.70. The van der Waals surface area contributed by atoms with Crippen molar-refractivity contribution < 1.29 is 4.74 Å². The van der Waals surface area contributed by atoms with Crippen LogP contribution in [0.25, 0.3) is 0 Å². The zero-order valence-electron chi connectivity index (χ0n) is 11.3. The van der Waals surface area contributed by atoms with Crippen LogP contribution in [0.15, 0.2) is 24.3 Å². The molecule has 2 N–H and O–H groups in total. The van der Waals surface area contributed by atoms with Gasteiger partial charge in [-0.2, -0.15) is 0 Å². The first-order valence-electron chi connectivity index (χ1n) is 6.84. The highest BCUT2D eigenvalue weighted by Crippen LogP contribution is 2.20. The monoisotopic (exact) mass is 248 g/mol. The summed E-state index contributed by atoms with van der Waals surface area (Å²) in [4.78, 5) is 2.53.